The third kappa shape index (κ3) is 3.77. The summed E-state index contributed by atoms with van der Waals surface area (Å²) >= 11 is 0. The fourth-order valence-corrected chi connectivity index (χ4v) is 3.92. The minimum absolute atomic E-state index is 0.364. The van der Waals surface area contributed by atoms with Crippen LogP contribution in [0.3, 0.4) is 0 Å². The number of aromatic hydroxyl groups is 1. The van der Waals surface area contributed by atoms with Gasteiger partial charge in [-0.1, -0.05) is 31.9 Å². The molecule has 5 nitrogen and oxygen atoms in total. The van der Waals surface area contributed by atoms with E-state index in [0.717, 1.165) is 44.4 Å². The van der Waals surface area contributed by atoms with Crippen molar-refractivity contribution in [2.24, 2.45) is 10.4 Å². The van der Waals surface area contributed by atoms with E-state index in [9.17, 15) is 5.11 Å². The number of rotatable bonds is 3. The summed E-state index contributed by atoms with van der Waals surface area (Å²) in [5.74, 6) is 1.38. The quantitative estimate of drug-likeness (QED) is 0.661. The zero-order valence-corrected chi connectivity index (χ0v) is 15.0. The Morgan fingerprint density at radius 1 is 1.17 bits per heavy atom. The number of hydrogen-bond donors (Lipinski definition) is 2. The van der Waals surface area contributed by atoms with Crippen LogP contribution in [0.2, 0.25) is 0 Å². The third-order valence-electron chi connectivity index (χ3n) is 5.50. The average Bonchev–Trinajstić information content (AvgIpc) is 3.03. The van der Waals surface area contributed by atoms with Crippen LogP contribution >= 0.6 is 0 Å². The van der Waals surface area contributed by atoms with Crippen molar-refractivity contribution in [3.63, 3.8) is 0 Å². The number of hydrogen-bond acceptors (Lipinski definition) is 3. The van der Waals surface area contributed by atoms with Crippen LogP contribution in [0.15, 0.2) is 29.3 Å². The summed E-state index contributed by atoms with van der Waals surface area (Å²) in [5.41, 5.74) is 1.35. The smallest absolute Gasteiger partial charge is 0.193 e. The molecule has 1 aliphatic heterocycles. The summed E-state index contributed by atoms with van der Waals surface area (Å²) in [4.78, 5) is 9.06. The van der Waals surface area contributed by atoms with Crippen molar-refractivity contribution < 1.29 is 5.11 Å². The lowest BCUT2D eigenvalue weighted by Crippen LogP contribution is -2.53. The first kappa shape index (κ1) is 16.9. The maximum atomic E-state index is 10.0. The molecule has 0 bridgehead atoms. The molecule has 2 N–H and O–H groups in total. The van der Waals surface area contributed by atoms with Crippen molar-refractivity contribution in [3.05, 3.63) is 24.3 Å². The number of nitrogens with zero attached hydrogens (tertiary/aromatic N) is 3. The number of guanidine groups is 1. The minimum Gasteiger partial charge on any atom is -0.506 e. The fraction of sp³-hybridized carbons (Fsp3) is 0.632. The number of phenols is 1. The Labute approximate surface area is 145 Å². The van der Waals surface area contributed by atoms with Crippen LogP contribution in [-0.4, -0.2) is 55.7 Å². The van der Waals surface area contributed by atoms with E-state index in [4.69, 9.17) is 0 Å². The van der Waals surface area contributed by atoms with Crippen LogP contribution in [0.1, 0.15) is 32.6 Å². The van der Waals surface area contributed by atoms with Crippen LogP contribution in [0.25, 0.3) is 0 Å². The lowest BCUT2D eigenvalue weighted by Gasteiger charge is -2.38. The Kier molecular flexibility index (Phi) is 5.17. The molecule has 3 rings (SSSR count). The number of piperazine rings is 1. The molecular weight excluding hydrogens is 300 g/mol. The third-order valence-corrected chi connectivity index (χ3v) is 5.50. The van der Waals surface area contributed by atoms with Gasteiger partial charge in [0.15, 0.2) is 5.96 Å². The first-order valence-corrected chi connectivity index (χ1v) is 9.10. The van der Waals surface area contributed by atoms with Gasteiger partial charge in [0.05, 0.1) is 5.69 Å². The molecule has 1 aliphatic carbocycles. The highest BCUT2D eigenvalue weighted by Gasteiger charge is 2.29. The van der Waals surface area contributed by atoms with Crippen molar-refractivity contribution in [2.75, 3.05) is 44.7 Å². The van der Waals surface area contributed by atoms with Gasteiger partial charge in [-0.3, -0.25) is 4.99 Å². The topological polar surface area (TPSA) is 51.1 Å². The van der Waals surface area contributed by atoms with Gasteiger partial charge < -0.3 is 20.2 Å². The minimum atomic E-state index is 0.364. The molecule has 1 saturated carbocycles. The molecule has 1 aromatic rings. The van der Waals surface area contributed by atoms with E-state index in [-0.39, 0.29) is 0 Å². The molecular formula is C19H30N4O. The summed E-state index contributed by atoms with van der Waals surface area (Å²) in [6.45, 7) is 7.04. The highest BCUT2D eigenvalue weighted by atomic mass is 16.3. The van der Waals surface area contributed by atoms with E-state index >= 15 is 0 Å². The summed E-state index contributed by atoms with van der Waals surface area (Å²) in [5, 5.41) is 13.6. The Hall–Kier alpha value is -1.91. The summed E-state index contributed by atoms with van der Waals surface area (Å²) in [6.07, 6.45) is 5.35. The first-order valence-electron chi connectivity index (χ1n) is 9.10. The van der Waals surface area contributed by atoms with Crippen LogP contribution in [0.5, 0.6) is 5.75 Å². The van der Waals surface area contributed by atoms with Gasteiger partial charge in [-0.2, -0.15) is 0 Å². The average molecular weight is 330 g/mol. The van der Waals surface area contributed by atoms with E-state index in [1.807, 2.05) is 25.2 Å². The standard InChI is InChI=1S/C19H30N4O/c1-19(9-5-6-10-19)15-21-18(20-2)23-13-11-22(12-14-23)16-7-3-4-8-17(16)24/h3-4,7-8,24H,5-6,9-15H2,1-2H3,(H,20,21). The molecule has 0 aromatic heterocycles. The molecule has 132 valence electrons. The fourth-order valence-electron chi connectivity index (χ4n) is 3.92. The van der Waals surface area contributed by atoms with Crippen molar-refractivity contribution in [1.82, 2.24) is 10.2 Å². The Morgan fingerprint density at radius 2 is 1.83 bits per heavy atom. The molecule has 1 heterocycles. The van der Waals surface area contributed by atoms with Gasteiger partial charge in [0, 0.05) is 39.8 Å². The molecule has 0 amide bonds. The van der Waals surface area contributed by atoms with E-state index < -0.39 is 0 Å². The Balaban J connectivity index is 1.54. The van der Waals surface area contributed by atoms with Crippen molar-refractivity contribution >= 4 is 11.6 Å². The van der Waals surface area contributed by atoms with Crippen molar-refractivity contribution in [3.8, 4) is 5.75 Å². The largest absolute Gasteiger partial charge is 0.506 e. The summed E-state index contributed by atoms with van der Waals surface area (Å²) < 4.78 is 0. The van der Waals surface area contributed by atoms with Crippen LogP contribution in [0.4, 0.5) is 5.69 Å². The molecule has 24 heavy (non-hydrogen) atoms. The van der Waals surface area contributed by atoms with Crippen LogP contribution < -0.4 is 10.2 Å². The summed E-state index contributed by atoms with van der Waals surface area (Å²) in [6, 6.07) is 7.58. The molecule has 0 atom stereocenters. The van der Waals surface area contributed by atoms with Gasteiger partial charge in [0.25, 0.3) is 0 Å². The van der Waals surface area contributed by atoms with E-state index in [1.165, 1.54) is 25.7 Å². The van der Waals surface area contributed by atoms with Crippen LogP contribution in [-0.2, 0) is 0 Å². The van der Waals surface area contributed by atoms with E-state index in [2.05, 4.69) is 27.0 Å². The molecule has 0 spiro atoms. The Morgan fingerprint density at radius 3 is 2.46 bits per heavy atom. The lowest BCUT2D eigenvalue weighted by molar-refractivity contribution is 0.316. The second-order valence-electron chi connectivity index (χ2n) is 7.38. The highest BCUT2D eigenvalue weighted by molar-refractivity contribution is 5.80. The number of nitrogens with one attached hydrogen (secondary N) is 1. The molecule has 1 saturated heterocycles. The second-order valence-corrected chi connectivity index (χ2v) is 7.38. The molecule has 2 fully saturated rings. The molecule has 0 unspecified atom stereocenters. The highest BCUT2D eigenvalue weighted by Crippen LogP contribution is 2.36. The molecule has 2 aliphatic rings. The second kappa shape index (κ2) is 7.32. The van der Waals surface area contributed by atoms with Gasteiger partial charge in [-0.15, -0.1) is 0 Å². The van der Waals surface area contributed by atoms with Crippen molar-refractivity contribution in [1.29, 1.82) is 0 Å². The lowest BCUT2D eigenvalue weighted by atomic mass is 9.89. The SMILES string of the molecule is CN=C(NCC1(C)CCCC1)N1CCN(c2ccccc2O)CC1. The van der Waals surface area contributed by atoms with E-state index in [0.29, 0.717) is 11.2 Å². The number of aliphatic imine (C=N–C) groups is 1. The van der Waals surface area contributed by atoms with Gasteiger partial charge in [-0.05, 0) is 30.4 Å². The monoisotopic (exact) mass is 330 g/mol. The zero-order chi connectivity index (χ0) is 17.0. The normalized spacial score (nSPS) is 21.2. The Bertz CT molecular complexity index is 572. The number of phenolic OH excluding ortho intramolecular Hbond substituents is 1. The first-order chi connectivity index (χ1) is 11.6. The maximum Gasteiger partial charge on any atom is 0.193 e. The predicted molar refractivity (Wildman–Crippen MR) is 99.8 cm³/mol. The molecule has 0 radical (unpaired) electrons. The predicted octanol–water partition coefficient (Wildman–Crippen LogP) is 2.67. The molecule has 5 heteroatoms. The number of benzene rings is 1. The van der Waals surface area contributed by atoms with Crippen LogP contribution in [0, 0.1) is 5.41 Å². The maximum absolute atomic E-state index is 10.0. The van der Waals surface area contributed by atoms with E-state index in [1.54, 1.807) is 6.07 Å². The van der Waals surface area contributed by atoms with Gasteiger partial charge in [0.2, 0.25) is 0 Å². The molecule has 1 aromatic carbocycles. The summed E-state index contributed by atoms with van der Waals surface area (Å²) in [7, 11) is 1.87. The van der Waals surface area contributed by atoms with Crippen molar-refractivity contribution in [2.45, 2.75) is 32.6 Å². The number of para-hydroxylation sites is 2. The van der Waals surface area contributed by atoms with Gasteiger partial charge >= 0.3 is 0 Å². The van der Waals surface area contributed by atoms with Gasteiger partial charge in [-0.25, -0.2) is 0 Å². The number of anilines is 1. The van der Waals surface area contributed by atoms with Gasteiger partial charge in [0.1, 0.15) is 5.75 Å². The zero-order valence-electron chi connectivity index (χ0n) is 15.0.